The monoisotopic (exact) mass is 446 g/mol. The van der Waals surface area contributed by atoms with Crippen LogP contribution in [0.3, 0.4) is 0 Å². The molecule has 1 atom stereocenters. The van der Waals surface area contributed by atoms with E-state index >= 15 is 0 Å². The highest BCUT2D eigenvalue weighted by atomic mass is 16.3. The van der Waals surface area contributed by atoms with Crippen LogP contribution in [-0.2, 0) is 4.79 Å². The summed E-state index contributed by atoms with van der Waals surface area (Å²) < 4.78 is 0. The van der Waals surface area contributed by atoms with E-state index < -0.39 is 17.4 Å². The van der Waals surface area contributed by atoms with Crippen molar-refractivity contribution in [3.63, 3.8) is 0 Å². The highest BCUT2D eigenvalue weighted by molar-refractivity contribution is 6.37. The van der Waals surface area contributed by atoms with E-state index in [0.717, 1.165) is 0 Å². The fourth-order valence-electron chi connectivity index (χ4n) is 4.20. The maximum Gasteiger partial charge on any atom is 0.288 e. The third kappa shape index (κ3) is 3.68. The van der Waals surface area contributed by atoms with E-state index in [4.69, 9.17) is 0 Å². The Labute approximate surface area is 197 Å². The predicted molar refractivity (Wildman–Crippen MR) is 133 cm³/mol. The average molecular weight is 447 g/mol. The Hall–Kier alpha value is -4.48. The molecule has 0 radical (unpaired) electrons. The van der Waals surface area contributed by atoms with Crippen LogP contribution >= 0.6 is 0 Å². The van der Waals surface area contributed by atoms with Crippen molar-refractivity contribution in [3.8, 4) is 0 Å². The lowest BCUT2D eigenvalue weighted by molar-refractivity contribution is -0.128. The first kappa shape index (κ1) is 21.4. The van der Waals surface area contributed by atoms with Gasteiger partial charge < -0.3 is 10.4 Å². The molecule has 0 unspecified atom stereocenters. The van der Waals surface area contributed by atoms with Crippen molar-refractivity contribution in [2.75, 3.05) is 10.2 Å². The number of carbonyl (C=O) groups is 2. The third-order valence-electron chi connectivity index (χ3n) is 5.74. The summed E-state index contributed by atoms with van der Waals surface area (Å²) in [6.45, 7) is 0. The van der Waals surface area contributed by atoms with Crippen molar-refractivity contribution >= 4 is 28.6 Å². The molecule has 2 N–H and O–H groups in total. The van der Waals surface area contributed by atoms with Crippen LogP contribution in [0, 0.1) is 0 Å². The number of hydrogen-bond donors (Lipinski definition) is 2. The second-order valence-electron chi connectivity index (χ2n) is 7.95. The number of hydrogen-bond acceptors (Lipinski definition) is 5. The molecule has 0 saturated heterocycles. The van der Waals surface area contributed by atoms with Gasteiger partial charge in [-0.15, -0.1) is 0 Å². The van der Waals surface area contributed by atoms with E-state index in [1.807, 2.05) is 60.7 Å². The standard InChI is InChI=1S/C29H22N2O3/c32-27(22-15-7-2-8-16-22)25-26(21-13-5-1-6-14-21)31(24-19-11-4-12-20-24)29(34,28(25)33)30-23-17-9-3-10-18-23/h1-20,30,34H/t29-/m0/s1. The second kappa shape index (κ2) is 8.81. The molecule has 1 aliphatic rings. The van der Waals surface area contributed by atoms with Crippen LogP contribution in [0.15, 0.2) is 127 Å². The van der Waals surface area contributed by atoms with Gasteiger partial charge in [-0.1, -0.05) is 97.1 Å². The highest BCUT2D eigenvalue weighted by Crippen LogP contribution is 2.43. The fraction of sp³-hybridized carbons (Fsp3) is 0.0345. The molecular weight excluding hydrogens is 424 g/mol. The summed E-state index contributed by atoms with van der Waals surface area (Å²) in [5.41, 5.74) is 2.39. The molecule has 0 fully saturated rings. The Balaban J connectivity index is 1.76. The first-order valence-corrected chi connectivity index (χ1v) is 10.9. The molecule has 4 aromatic carbocycles. The Morgan fingerprint density at radius 1 is 0.706 bits per heavy atom. The summed E-state index contributed by atoms with van der Waals surface area (Å²) >= 11 is 0. The van der Waals surface area contributed by atoms with Gasteiger partial charge in [0.15, 0.2) is 5.78 Å². The van der Waals surface area contributed by atoms with Crippen molar-refractivity contribution in [1.29, 1.82) is 0 Å². The molecule has 0 aromatic heterocycles. The number of aliphatic hydroxyl groups is 1. The minimum Gasteiger partial charge on any atom is -0.347 e. The zero-order valence-electron chi connectivity index (χ0n) is 18.3. The van der Waals surface area contributed by atoms with Crippen LogP contribution in [0.25, 0.3) is 5.70 Å². The highest BCUT2D eigenvalue weighted by Gasteiger charge is 2.55. The minimum atomic E-state index is -2.21. The molecule has 0 bridgehead atoms. The maximum atomic E-state index is 14.0. The summed E-state index contributed by atoms with van der Waals surface area (Å²) in [6, 6.07) is 35.9. The molecule has 5 nitrogen and oxygen atoms in total. The molecule has 5 heteroatoms. The van der Waals surface area contributed by atoms with Gasteiger partial charge in [0.05, 0.1) is 11.3 Å². The smallest absolute Gasteiger partial charge is 0.288 e. The van der Waals surface area contributed by atoms with Crippen molar-refractivity contribution in [2.45, 2.75) is 5.85 Å². The number of anilines is 2. The molecular formula is C29H22N2O3. The number of nitrogens with zero attached hydrogens (tertiary/aromatic N) is 1. The van der Waals surface area contributed by atoms with E-state index in [0.29, 0.717) is 28.2 Å². The van der Waals surface area contributed by atoms with Crippen molar-refractivity contribution in [1.82, 2.24) is 0 Å². The lowest BCUT2D eigenvalue weighted by Gasteiger charge is -2.36. The van der Waals surface area contributed by atoms with Crippen LogP contribution in [0.2, 0.25) is 0 Å². The number of nitrogens with one attached hydrogen (secondary N) is 1. The molecule has 0 spiro atoms. The van der Waals surface area contributed by atoms with E-state index in [1.165, 1.54) is 4.90 Å². The summed E-state index contributed by atoms with van der Waals surface area (Å²) in [7, 11) is 0. The number of carbonyl (C=O) groups excluding carboxylic acids is 2. The van der Waals surface area contributed by atoms with Crippen LogP contribution in [0.5, 0.6) is 0 Å². The van der Waals surface area contributed by atoms with Gasteiger partial charge in [-0.05, 0) is 29.8 Å². The van der Waals surface area contributed by atoms with Crippen molar-refractivity contribution in [2.24, 2.45) is 0 Å². The van der Waals surface area contributed by atoms with E-state index in [-0.39, 0.29) is 5.57 Å². The lowest BCUT2D eigenvalue weighted by Crippen LogP contribution is -2.56. The average Bonchev–Trinajstić information content (AvgIpc) is 3.12. The van der Waals surface area contributed by atoms with Gasteiger partial charge in [0.1, 0.15) is 0 Å². The molecule has 0 aliphatic carbocycles. The van der Waals surface area contributed by atoms with Gasteiger partial charge >= 0.3 is 0 Å². The first-order valence-electron chi connectivity index (χ1n) is 10.9. The molecule has 5 rings (SSSR count). The van der Waals surface area contributed by atoms with Crippen molar-refractivity contribution < 1.29 is 14.7 Å². The minimum absolute atomic E-state index is 0.0767. The Kier molecular flexibility index (Phi) is 5.54. The molecule has 34 heavy (non-hydrogen) atoms. The Morgan fingerprint density at radius 2 is 1.21 bits per heavy atom. The molecule has 0 saturated carbocycles. The molecule has 1 heterocycles. The van der Waals surface area contributed by atoms with Crippen LogP contribution in [0.1, 0.15) is 15.9 Å². The lowest BCUT2D eigenvalue weighted by atomic mass is 9.96. The Morgan fingerprint density at radius 3 is 1.79 bits per heavy atom. The second-order valence-corrected chi connectivity index (χ2v) is 7.95. The zero-order valence-corrected chi connectivity index (χ0v) is 18.3. The van der Waals surface area contributed by atoms with Gasteiger partial charge in [-0.25, -0.2) is 0 Å². The number of rotatable bonds is 6. The van der Waals surface area contributed by atoms with Gasteiger partial charge in [0.2, 0.25) is 5.78 Å². The van der Waals surface area contributed by atoms with E-state index in [1.54, 1.807) is 60.7 Å². The molecule has 0 amide bonds. The summed E-state index contributed by atoms with van der Waals surface area (Å²) in [4.78, 5) is 29.2. The molecule has 166 valence electrons. The van der Waals surface area contributed by atoms with Gasteiger partial charge in [-0.2, -0.15) is 0 Å². The zero-order chi connectivity index (χ0) is 23.5. The van der Waals surface area contributed by atoms with Crippen LogP contribution < -0.4 is 10.2 Å². The van der Waals surface area contributed by atoms with Gasteiger partial charge in [0.25, 0.3) is 5.85 Å². The maximum absolute atomic E-state index is 14.0. The van der Waals surface area contributed by atoms with Crippen molar-refractivity contribution in [3.05, 3.63) is 138 Å². The number of Topliss-reactive ketones (excluding diaryl/α,β-unsaturated/α-hetero) is 2. The van der Waals surface area contributed by atoms with Crippen LogP contribution in [-0.4, -0.2) is 22.5 Å². The summed E-state index contributed by atoms with van der Waals surface area (Å²) in [5.74, 6) is -3.38. The van der Waals surface area contributed by atoms with E-state index in [9.17, 15) is 14.7 Å². The largest absolute Gasteiger partial charge is 0.347 e. The quantitative estimate of drug-likeness (QED) is 0.244. The van der Waals surface area contributed by atoms with Crippen LogP contribution in [0.4, 0.5) is 11.4 Å². The first-order chi connectivity index (χ1) is 16.6. The van der Waals surface area contributed by atoms with Gasteiger partial charge in [-0.3, -0.25) is 14.5 Å². The molecule has 4 aromatic rings. The topological polar surface area (TPSA) is 69.6 Å². The summed E-state index contributed by atoms with van der Waals surface area (Å²) in [6.07, 6.45) is 0. The normalized spacial score (nSPS) is 17.7. The van der Waals surface area contributed by atoms with E-state index in [2.05, 4.69) is 5.32 Å². The number of para-hydroxylation sites is 2. The predicted octanol–water partition coefficient (Wildman–Crippen LogP) is 5.13. The summed E-state index contributed by atoms with van der Waals surface area (Å²) in [5, 5.41) is 15.0. The molecule has 1 aliphatic heterocycles. The third-order valence-corrected chi connectivity index (χ3v) is 5.74. The SMILES string of the molecule is O=C(C1=C(c2ccccc2)N(c2ccccc2)[C@@](O)(Nc2ccccc2)C1=O)c1ccccc1. The number of ketones is 2. The Bertz CT molecular complexity index is 1350. The fourth-order valence-corrected chi connectivity index (χ4v) is 4.20. The van der Waals surface area contributed by atoms with Gasteiger partial charge in [0, 0.05) is 16.9 Å². The number of benzene rings is 4.